The number of aliphatic imine (C=N–C) groups is 1. The molecule has 0 unspecified atom stereocenters. The molecule has 1 aromatic heterocycles. The minimum absolute atomic E-state index is 0.167. The van der Waals surface area contributed by atoms with Gasteiger partial charge in [-0.2, -0.15) is 0 Å². The summed E-state index contributed by atoms with van der Waals surface area (Å²) < 4.78 is 10.6. The van der Waals surface area contributed by atoms with Gasteiger partial charge >= 0.3 is 11.9 Å². The van der Waals surface area contributed by atoms with Crippen molar-refractivity contribution in [1.82, 2.24) is 15.2 Å². The number of methoxy groups -OCH3 is 1. The number of nitrogens with zero attached hydrogens (tertiary/aromatic N) is 3. The molecule has 2 N–H and O–H groups in total. The number of hydrogen-bond donors (Lipinski definition) is 2. The number of amidine groups is 1. The number of hydrogen-bond acceptors (Lipinski definition) is 10. The van der Waals surface area contributed by atoms with Crippen LogP contribution in [0.5, 0.6) is 0 Å². The van der Waals surface area contributed by atoms with E-state index in [1.165, 1.54) is 18.4 Å². The molecule has 204 valence electrons. The molecule has 2 aliphatic rings. The van der Waals surface area contributed by atoms with Crippen LogP contribution in [0.3, 0.4) is 0 Å². The van der Waals surface area contributed by atoms with Crippen molar-refractivity contribution in [3.05, 3.63) is 62.2 Å². The molecule has 0 bridgehead atoms. The molecule has 0 amide bonds. The molecule has 3 heterocycles. The van der Waals surface area contributed by atoms with Gasteiger partial charge in [-0.15, -0.1) is 11.3 Å². The van der Waals surface area contributed by atoms with E-state index in [2.05, 4.69) is 20.2 Å². The van der Waals surface area contributed by atoms with E-state index in [4.69, 9.17) is 37.8 Å². The molecule has 2 aliphatic heterocycles. The third-order valence-corrected chi connectivity index (χ3v) is 6.83. The number of aliphatic carboxylic acids is 1. The van der Waals surface area contributed by atoms with Crippen molar-refractivity contribution in [3.63, 3.8) is 0 Å². The van der Waals surface area contributed by atoms with Crippen molar-refractivity contribution < 1.29 is 29.0 Å². The Bertz CT molecular complexity index is 1170. The van der Waals surface area contributed by atoms with Crippen molar-refractivity contribution in [2.45, 2.75) is 25.4 Å². The number of ketones is 1. The van der Waals surface area contributed by atoms with Crippen LogP contribution in [0.2, 0.25) is 10.0 Å². The van der Waals surface area contributed by atoms with Crippen LogP contribution in [-0.4, -0.2) is 84.5 Å². The molecule has 0 spiro atoms. The Morgan fingerprint density at radius 3 is 2.66 bits per heavy atom. The standard InChI is InChI=1S/C19H24N4O6S.C6H4Cl2/c1-28-19(27)14-9-21-17(18-20-4-7-30-18)22-15(14)11-23-5-6-29-13(10-23)3-2-12(24)8-16(25)26;7-5-2-1-3-6(8)4-5/h4,7,13H,2-3,5-6,8-11H2,1H3,(H,21,22)(H,25,26);1-4H/t13-;/m1./s1. The maximum Gasteiger partial charge on any atom is 0.337 e. The van der Waals surface area contributed by atoms with Gasteiger partial charge in [-0.25, -0.2) is 9.78 Å². The fourth-order valence-electron chi connectivity index (χ4n) is 3.78. The first kappa shape index (κ1) is 29.7. The molecule has 0 saturated carbocycles. The van der Waals surface area contributed by atoms with Gasteiger partial charge in [0.15, 0.2) is 10.8 Å². The van der Waals surface area contributed by atoms with Crippen LogP contribution in [0.4, 0.5) is 0 Å². The lowest BCUT2D eigenvalue weighted by atomic mass is 10.1. The average Bonchev–Trinajstić information content (AvgIpc) is 3.42. The molecular formula is C25H28Cl2N4O6S. The summed E-state index contributed by atoms with van der Waals surface area (Å²) in [5.41, 5.74) is 1.18. The number of halogens is 2. The van der Waals surface area contributed by atoms with Crippen LogP contribution in [0.1, 0.15) is 24.3 Å². The number of Topliss-reactive ketones (excluding diaryl/α,β-unsaturated/α-hetero) is 1. The Morgan fingerprint density at radius 2 is 2.05 bits per heavy atom. The van der Waals surface area contributed by atoms with Crippen molar-refractivity contribution in [2.24, 2.45) is 4.99 Å². The second-order valence-corrected chi connectivity index (χ2v) is 10.2. The van der Waals surface area contributed by atoms with Gasteiger partial charge in [0, 0.05) is 53.4 Å². The summed E-state index contributed by atoms with van der Waals surface area (Å²) in [6.45, 7) is 2.41. The van der Waals surface area contributed by atoms with Gasteiger partial charge in [-0.3, -0.25) is 19.5 Å². The highest BCUT2D eigenvalue weighted by atomic mass is 35.5. The summed E-state index contributed by atoms with van der Waals surface area (Å²) in [6.07, 6.45) is 1.69. The summed E-state index contributed by atoms with van der Waals surface area (Å²) in [4.78, 5) is 45.3. The van der Waals surface area contributed by atoms with Crippen molar-refractivity contribution in [3.8, 4) is 0 Å². The number of carboxylic acid groups (broad SMARTS) is 1. The minimum atomic E-state index is -1.12. The normalized spacial score (nSPS) is 17.6. The summed E-state index contributed by atoms with van der Waals surface area (Å²) in [5.74, 6) is -1.23. The second-order valence-electron chi connectivity index (χ2n) is 8.39. The van der Waals surface area contributed by atoms with Gasteiger partial charge in [0.25, 0.3) is 0 Å². The minimum Gasteiger partial charge on any atom is -0.481 e. The van der Waals surface area contributed by atoms with E-state index in [0.717, 1.165) is 5.01 Å². The van der Waals surface area contributed by atoms with Gasteiger partial charge < -0.3 is 19.9 Å². The van der Waals surface area contributed by atoms with Crippen LogP contribution < -0.4 is 5.32 Å². The van der Waals surface area contributed by atoms with E-state index in [-0.39, 0.29) is 24.9 Å². The number of morpholine rings is 1. The lowest BCUT2D eigenvalue weighted by Gasteiger charge is -2.34. The largest absolute Gasteiger partial charge is 0.481 e. The Balaban J connectivity index is 0.000000427. The monoisotopic (exact) mass is 582 g/mol. The molecule has 4 rings (SSSR count). The highest BCUT2D eigenvalue weighted by molar-refractivity contribution is 7.11. The first-order chi connectivity index (χ1) is 18.2. The maximum absolute atomic E-state index is 12.2. The molecule has 1 fully saturated rings. The molecular weight excluding hydrogens is 555 g/mol. The van der Waals surface area contributed by atoms with E-state index >= 15 is 0 Å². The lowest BCUT2D eigenvalue weighted by Crippen LogP contribution is -2.46. The van der Waals surface area contributed by atoms with Gasteiger partial charge in [0.1, 0.15) is 12.2 Å². The van der Waals surface area contributed by atoms with E-state index in [0.29, 0.717) is 59.8 Å². The topological polar surface area (TPSA) is 130 Å². The fourth-order valence-corrected chi connectivity index (χ4v) is 4.82. The molecule has 1 saturated heterocycles. The Morgan fingerprint density at radius 1 is 1.29 bits per heavy atom. The molecule has 1 aromatic carbocycles. The number of thiazole rings is 1. The smallest absolute Gasteiger partial charge is 0.337 e. The summed E-state index contributed by atoms with van der Waals surface area (Å²) in [5, 5.41) is 15.9. The molecule has 38 heavy (non-hydrogen) atoms. The van der Waals surface area contributed by atoms with Crippen LogP contribution in [0.25, 0.3) is 0 Å². The van der Waals surface area contributed by atoms with Crippen molar-refractivity contribution in [2.75, 3.05) is 39.9 Å². The Labute approximate surface area is 234 Å². The van der Waals surface area contributed by atoms with E-state index in [9.17, 15) is 14.4 Å². The number of ether oxygens (including phenoxy) is 2. The van der Waals surface area contributed by atoms with Crippen LogP contribution >= 0.6 is 34.5 Å². The number of carbonyl (C=O) groups excluding carboxylic acids is 2. The number of rotatable bonds is 9. The van der Waals surface area contributed by atoms with Crippen LogP contribution in [0.15, 0.2) is 52.1 Å². The number of carboxylic acids is 1. The molecule has 2 aromatic rings. The number of esters is 1. The zero-order chi connectivity index (χ0) is 27.5. The first-order valence-corrected chi connectivity index (χ1v) is 13.4. The lowest BCUT2D eigenvalue weighted by molar-refractivity contribution is -0.140. The molecule has 0 radical (unpaired) electrons. The Kier molecular flexibility index (Phi) is 11.7. The quantitative estimate of drug-likeness (QED) is 0.337. The van der Waals surface area contributed by atoms with Crippen molar-refractivity contribution in [1.29, 1.82) is 0 Å². The predicted octanol–water partition coefficient (Wildman–Crippen LogP) is 3.44. The summed E-state index contributed by atoms with van der Waals surface area (Å²) in [7, 11) is 1.34. The number of aromatic nitrogens is 1. The third-order valence-electron chi connectivity index (χ3n) is 5.58. The SMILES string of the molecule is COC(=O)C1=C(CN2CCO[C@H](CCC(=O)CC(=O)O)C2)NC(c2nccs2)=NC1.Clc1cccc(Cl)c1. The van der Waals surface area contributed by atoms with Gasteiger partial charge in [0.2, 0.25) is 0 Å². The third kappa shape index (κ3) is 9.48. The van der Waals surface area contributed by atoms with Gasteiger partial charge in [0.05, 0.1) is 31.9 Å². The Hall–Kier alpha value is -2.83. The molecule has 0 aliphatic carbocycles. The zero-order valence-corrected chi connectivity index (χ0v) is 23.0. The summed E-state index contributed by atoms with van der Waals surface area (Å²) in [6, 6.07) is 7.08. The highest BCUT2D eigenvalue weighted by Gasteiger charge is 2.27. The predicted molar refractivity (Wildman–Crippen MR) is 145 cm³/mol. The number of nitrogens with one attached hydrogen (secondary N) is 1. The first-order valence-electron chi connectivity index (χ1n) is 11.7. The van der Waals surface area contributed by atoms with E-state index in [1.807, 2.05) is 11.4 Å². The van der Waals surface area contributed by atoms with Crippen molar-refractivity contribution >= 4 is 58.1 Å². The molecule has 13 heteroatoms. The second kappa shape index (κ2) is 14.9. The zero-order valence-electron chi connectivity index (χ0n) is 20.7. The van der Waals surface area contributed by atoms with Gasteiger partial charge in [-0.05, 0) is 24.6 Å². The van der Waals surface area contributed by atoms with Gasteiger partial charge in [-0.1, -0.05) is 29.3 Å². The average molecular weight is 583 g/mol. The highest BCUT2D eigenvalue weighted by Crippen LogP contribution is 2.18. The molecule has 1 atom stereocenters. The van der Waals surface area contributed by atoms with E-state index < -0.39 is 18.4 Å². The van der Waals surface area contributed by atoms with E-state index in [1.54, 1.807) is 24.4 Å². The van der Waals surface area contributed by atoms with Crippen LogP contribution in [0, 0.1) is 0 Å². The number of benzene rings is 1. The molecule has 10 nitrogen and oxygen atoms in total. The maximum atomic E-state index is 12.2. The number of carbonyl (C=O) groups is 3. The summed E-state index contributed by atoms with van der Waals surface area (Å²) >= 11 is 12.6. The van der Waals surface area contributed by atoms with Crippen LogP contribution in [-0.2, 0) is 23.9 Å². The fraction of sp³-hybridized carbons (Fsp3) is 0.400.